The number of hydrogen-bond donors (Lipinski definition) is 1. The van der Waals surface area contributed by atoms with Crippen LogP contribution in [0.2, 0.25) is 0 Å². The van der Waals surface area contributed by atoms with Crippen LogP contribution in [-0.2, 0) is 0 Å². The predicted molar refractivity (Wildman–Crippen MR) is 65.4 cm³/mol. The van der Waals surface area contributed by atoms with Crippen LogP contribution in [0.5, 0.6) is 0 Å². The van der Waals surface area contributed by atoms with Crippen molar-refractivity contribution in [3.63, 3.8) is 0 Å². The van der Waals surface area contributed by atoms with E-state index in [2.05, 4.69) is 10.2 Å². The maximum Gasteiger partial charge on any atom is 0.0250 e. The van der Waals surface area contributed by atoms with Gasteiger partial charge in [0.25, 0.3) is 0 Å². The second-order valence-corrected chi connectivity index (χ2v) is 6.59. The van der Waals surface area contributed by atoms with E-state index in [1.54, 1.807) is 6.42 Å². The van der Waals surface area contributed by atoms with Gasteiger partial charge in [-0.2, -0.15) is 0 Å². The molecule has 2 heteroatoms. The molecule has 0 aromatic rings. The SMILES string of the molecule is C1CC2C(NC3CC4CCC3C4)CCN2C1. The zero-order valence-electron chi connectivity index (χ0n) is 10.2. The molecule has 4 fully saturated rings. The van der Waals surface area contributed by atoms with Crippen LogP contribution in [0.1, 0.15) is 44.9 Å². The fraction of sp³-hybridized carbons (Fsp3) is 1.00. The molecule has 16 heavy (non-hydrogen) atoms. The molecule has 2 saturated heterocycles. The Morgan fingerprint density at radius 3 is 2.69 bits per heavy atom. The first-order valence-electron chi connectivity index (χ1n) is 7.40. The summed E-state index contributed by atoms with van der Waals surface area (Å²) in [5.74, 6) is 2.13. The first-order valence-corrected chi connectivity index (χ1v) is 7.40. The topological polar surface area (TPSA) is 15.3 Å². The van der Waals surface area contributed by atoms with E-state index in [0.717, 1.165) is 30.0 Å². The molecule has 5 atom stereocenters. The first kappa shape index (κ1) is 9.90. The van der Waals surface area contributed by atoms with E-state index >= 15 is 0 Å². The van der Waals surface area contributed by atoms with Crippen molar-refractivity contribution in [2.75, 3.05) is 13.1 Å². The molecule has 4 aliphatic rings. The number of nitrogens with one attached hydrogen (secondary N) is 1. The molecule has 2 nitrogen and oxygen atoms in total. The Morgan fingerprint density at radius 2 is 1.88 bits per heavy atom. The van der Waals surface area contributed by atoms with Gasteiger partial charge in [-0.05, 0) is 56.9 Å². The number of rotatable bonds is 2. The first-order chi connectivity index (χ1) is 7.90. The molecule has 1 N–H and O–H groups in total. The van der Waals surface area contributed by atoms with Crippen molar-refractivity contribution in [3.05, 3.63) is 0 Å². The molecule has 4 rings (SSSR count). The van der Waals surface area contributed by atoms with Gasteiger partial charge in [0.1, 0.15) is 0 Å². The zero-order chi connectivity index (χ0) is 10.5. The van der Waals surface area contributed by atoms with Crippen molar-refractivity contribution < 1.29 is 0 Å². The lowest BCUT2D eigenvalue weighted by Crippen LogP contribution is -2.46. The van der Waals surface area contributed by atoms with Gasteiger partial charge >= 0.3 is 0 Å². The molecule has 0 aromatic carbocycles. The lowest BCUT2D eigenvalue weighted by molar-refractivity contribution is 0.263. The van der Waals surface area contributed by atoms with Gasteiger partial charge < -0.3 is 5.32 Å². The third kappa shape index (κ3) is 1.46. The zero-order valence-corrected chi connectivity index (χ0v) is 10.2. The highest BCUT2D eigenvalue weighted by Gasteiger charge is 2.43. The van der Waals surface area contributed by atoms with E-state index in [1.807, 2.05) is 0 Å². The summed E-state index contributed by atoms with van der Waals surface area (Å²) in [6.45, 7) is 2.74. The van der Waals surface area contributed by atoms with Gasteiger partial charge in [-0.15, -0.1) is 0 Å². The molecule has 5 unspecified atom stereocenters. The minimum absolute atomic E-state index is 0.840. The van der Waals surface area contributed by atoms with Crippen molar-refractivity contribution >= 4 is 0 Å². The molecule has 2 aliphatic carbocycles. The van der Waals surface area contributed by atoms with E-state index in [9.17, 15) is 0 Å². The summed E-state index contributed by atoms with van der Waals surface area (Å²) in [5.41, 5.74) is 0. The standard InChI is InChI=1S/C14H24N2/c1-2-14-12(5-7-16(14)6-1)15-13-9-10-3-4-11(13)8-10/h10-15H,1-9H2. The number of hydrogen-bond acceptors (Lipinski definition) is 2. The Morgan fingerprint density at radius 1 is 0.875 bits per heavy atom. The van der Waals surface area contributed by atoms with E-state index < -0.39 is 0 Å². The summed E-state index contributed by atoms with van der Waals surface area (Å²) in [4.78, 5) is 2.73. The van der Waals surface area contributed by atoms with Gasteiger partial charge in [0.2, 0.25) is 0 Å². The maximum atomic E-state index is 4.04. The highest BCUT2D eigenvalue weighted by Crippen LogP contribution is 2.45. The summed E-state index contributed by atoms with van der Waals surface area (Å²) in [5, 5.41) is 4.04. The molecular weight excluding hydrogens is 196 g/mol. The summed E-state index contributed by atoms with van der Waals surface area (Å²) >= 11 is 0. The number of nitrogens with zero attached hydrogens (tertiary/aromatic N) is 1. The molecule has 0 aromatic heterocycles. The summed E-state index contributed by atoms with van der Waals surface area (Å²) in [6.07, 6.45) is 10.4. The average Bonchev–Trinajstić information content (AvgIpc) is 2.98. The lowest BCUT2D eigenvalue weighted by atomic mass is 9.93. The molecule has 0 amide bonds. The van der Waals surface area contributed by atoms with Crippen molar-refractivity contribution in [1.82, 2.24) is 10.2 Å². The van der Waals surface area contributed by atoms with Crippen LogP contribution >= 0.6 is 0 Å². The minimum atomic E-state index is 0.840. The Kier molecular flexibility index (Phi) is 2.29. The fourth-order valence-corrected chi connectivity index (χ4v) is 5.00. The molecule has 2 saturated carbocycles. The third-order valence-corrected chi connectivity index (χ3v) is 5.77. The smallest absolute Gasteiger partial charge is 0.0250 e. The Hall–Kier alpha value is -0.0800. The highest BCUT2D eigenvalue weighted by molar-refractivity contribution is 5.01. The van der Waals surface area contributed by atoms with Gasteiger partial charge in [-0.25, -0.2) is 0 Å². The quantitative estimate of drug-likeness (QED) is 0.766. The Balaban J connectivity index is 1.40. The molecule has 0 radical (unpaired) electrons. The van der Waals surface area contributed by atoms with Crippen molar-refractivity contribution in [2.45, 2.75) is 63.1 Å². The van der Waals surface area contributed by atoms with Crippen LogP contribution in [-0.4, -0.2) is 36.1 Å². The average molecular weight is 220 g/mol. The summed E-state index contributed by atoms with van der Waals surface area (Å²) in [7, 11) is 0. The van der Waals surface area contributed by atoms with E-state index in [4.69, 9.17) is 0 Å². The van der Waals surface area contributed by atoms with Gasteiger partial charge in [0, 0.05) is 24.7 Å². The molecule has 90 valence electrons. The third-order valence-electron chi connectivity index (χ3n) is 5.77. The lowest BCUT2D eigenvalue weighted by Gasteiger charge is -2.29. The molecule has 0 spiro atoms. The molecule has 2 bridgehead atoms. The van der Waals surface area contributed by atoms with E-state index in [1.165, 1.54) is 51.6 Å². The second-order valence-electron chi connectivity index (χ2n) is 6.59. The van der Waals surface area contributed by atoms with Crippen LogP contribution in [0, 0.1) is 11.8 Å². The van der Waals surface area contributed by atoms with Crippen LogP contribution in [0.3, 0.4) is 0 Å². The largest absolute Gasteiger partial charge is 0.309 e. The van der Waals surface area contributed by atoms with Gasteiger partial charge in [0.05, 0.1) is 0 Å². The van der Waals surface area contributed by atoms with Crippen LogP contribution in [0.15, 0.2) is 0 Å². The Labute approximate surface area is 98.8 Å². The fourth-order valence-electron chi connectivity index (χ4n) is 5.00. The van der Waals surface area contributed by atoms with Gasteiger partial charge in [0.15, 0.2) is 0 Å². The molecule has 2 aliphatic heterocycles. The van der Waals surface area contributed by atoms with Gasteiger partial charge in [-0.1, -0.05) is 6.42 Å². The highest BCUT2D eigenvalue weighted by atomic mass is 15.2. The van der Waals surface area contributed by atoms with Crippen LogP contribution in [0.4, 0.5) is 0 Å². The minimum Gasteiger partial charge on any atom is -0.309 e. The molecule has 2 heterocycles. The summed E-state index contributed by atoms with van der Waals surface area (Å²) < 4.78 is 0. The van der Waals surface area contributed by atoms with Crippen molar-refractivity contribution in [2.24, 2.45) is 11.8 Å². The summed E-state index contributed by atoms with van der Waals surface area (Å²) in [6, 6.07) is 2.63. The van der Waals surface area contributed by atoms with Gasteiger partial charge in [-0.3, -0.25) is 4.90 Å². The maximum absolute atomic E-state index is 4.04. The predicted octanol–water partition coefficient (Wildman–Crippen LogP) is 2.00. The normalized spacial score (nSPS) is 51.4. The monoisotopic (exact) mass is 220 g/mol. The molecular formula is C14H24N2. The van der Waals surface area contributed by atoms with E-state index in [0.29, 0.717) is 0 Å². The Bertz CT molecular complexity index is 278. The second kappa shape index (κ2) is 3.71. The van der Waals surface area contributed by atoms with Crippen molar-refractivity contribution in [3.8, 4) is 0 Å². The van der Waals surface area contributed by atoms with E-state index in [-0.39, 0.29) is 0 Å². The van der Waals surface area contributed by atoms with Crippen molar-refractivity contribution in [1.29, 1.82) is 0 Å². The van der Waals surface area contributed by atoms with Crippen LogP contribution in [0.25, 0.3) is 0 Å². The number of fused-ring (bicyclic) bond motifs is 3. The van der Waals surface area contributed by atoms with Crippen LogP contribution < -0.4 is 5.32 Å².